The predicted octanol–water partition coefficient (Wildman–Crippen LogP) is 3.66. The summed E-state index contributed by atoms with van der Waals surface area (Å²) in [6.07, 6.45) is 2.79. The first-order valence-corrected chi connectivity index (χ1v) is 8.95. The fourth-order valence-electron chi connectivity index (χ4n) is 2.95. The Hall–Kier alpha value is -2.99. The molecule has 0 saturated heterocycles. The lowest BCUT2D eigenvalue weighted by Crippen LogP contribution is -2.30. The first-order valence-electron chi connectivity index (χ1n) is 8.95. The highest BCUT2D eigenvalue weighted by Crippen LogP contribution is 2.20. The van der Waals surface area contributed by atoms with Gasteiger partial charge in [-0.25, -0.2) is 4.79 Å². The molecule has 0 aliphatic carbocycles. The third kappa shape index (κ3) is 5.01. The summed E-state index contributed by atoms with van der Waals surface area (Å²) >= 11 is 0. The highest BCUT2D eigenvalue weighted by atomic mass is 16.5. The van der Waals surface area contributed by atoms with Gasteiger partial charge in [-0.2, -0.15) is 0 Å². The van der Waals surface area contributed by atoms with Gasteiger partial charge in [0, 0.05) is 43.0 Å². The molecule has 142 valence electrons. The molecule has 2 amide bonds. The molecule has 3 rings (SSSR count). The Morgan fingerprint density at radius 3 is 2.63 bits per heavy atom. The lowest BCUT2D eigenvalue weighted by molar-refractivity contribution is 0.188. The summed E-state index contributed by atoms with van der Waals surface area (Å²) in [7, 11) is 3.34. The molecule has 3 aromatic rings. The van der Waals surface area contributed by atoms with Crippen molar-refractivity contribution in [2.45, 2.75) is 13.0 Å². The fourth-order valence-corrected chi connectivity index (χ4v) is 2.95. The van der Waals surface area contributed by atoms with Crippen molar-refractivity contribution in [3.63, 3.8) is 0 Å². The Labute approximate surface area is 159 Å². The van der Waals surface area contributed by atoms with E-state index in [-0.39, 0.29) is 6.03 Å². The molecule has 1 heterocycles. The molecule has 0 radical (unpaired) electrons. The van der Waals surface area contributed by atoms with Crippen LogP contribution < -0.4 is 15.4 Å². The average Bonchev–Trinajstić information content (AvgIpc) is 3.09. The summed E-state index contributed by atoms with van der Waals surface area (Å²) in [5.74, 6) is 0.830. The summed E-state index contributed by atoms with van der Waals surface area (Å²) in [5.41, 5.74) is 3.04. The number of carbonyl (C=O) groups is 1. The van der Waals surface area contributed by atoms with Gasteiger partial charge in [-0.1, -0.05) is 12.1 Å². The fraction of sp³-hybridized carbons (Fsp3) is 0.286. The number of urea groups is 1. The Morgan fingerprint density at radius 1 is 1.07 bits per heavy atom. The molecule has 2 aromatic carbocycles. The highest BCUT2D eigenvalue weighted by molar-refractivity contribution is 5.92. The van der Waals surface area contributed by atoms with E-state index in [0.29, 0.717) is 13.2 Å². The van der Waals surface area contributed by atoms with Gasteiger partial charge in [0.05, 0.1) is 13.7 Å². The topological polar surface area (TPSA) is 64.5 Å². The van der Waals surface area contributed by atoms with E-state index in [1.54, 1.807) is 14.2 Å². The van der Waals surface area contributed by atoms with Crippen molar-refractivity contribution in [2.75, 3.05) is 32.7 Å². The standard InChI is InChI=1S/C21H25N3O3/c1-26-14-13-24-12-10-17-15-18(5-8-20(17)24)23-21(25)22-11-9-16-3-6-19(27-2)7-4-16/h3-8,10,12,15H,9,11,13-14H2,1-2H3,(H2,22,23,25). The minimum absolute atomic E-state index is 0.207. The molecule has 0 fully saturated rings. The van der Waals surface area contributed by atoms with E-state index in [9.17, 15) is 4.79 Å². The molecule has 1 aromatic heterocycles. The molecule has 2 N–H and O–H groups in total. The van der Waals surface area contributed by atoms with Crippen molar-refractivity contribution >= 4 is 22.6 Å². The molecule has 0 aliphatic heterocycles. The SMILES string of the molecule is COCCn1ccc2cc(NC(=O)NCCc3ccc(OC)cc3)ccc21. The summed E-state index contributed by atoms with van der Waals surface area (Å²) in [6.45, 7) is 2.03. The van der Waals surface area contributed by atoms with Crippen LogP contribution in [0.3, 0.4) is 0 Å². The normalized spacial score (nSPS) is 10.7. The summed E-state index contributed by atoms with van der Waals surface area (Å²) < 4.78 is 12.4. The zero-order chi connectivity index (χ0) is 19.1. The van der Waals surface area contributed by atoms with Crippen LogP contribution in [0.2, 0.25) is 0 Å². The molecular formula is C21H25N3O3. The van der Waals surface area contributed by atoms with Crippen LogP contribution >= 0.6 is 0 Å². The lowest BCUT2D eigenvalue weighted by atomic mass is 10.1. The zero-order valence-electron chi connectivity index (χ0n) is 15.7. The molecule has 27 heavy (non-hydrogen) atoms. The number of aromatic nitrogens is 1. The van der Waals surface area contributed by atoms with Crippen LogP contribution in [0.1, 0.15) is 5.56 Å². The van der Waals surface area contributed by atoms with Gasteiger partial charge in [0.25, 0.3) is 0 Å². The number of amides is 2. The van der Waals surface area contributed by atoms with Crippen LogP contribution in [0, 0.1) is 0 Å². The third-order valence-electron chi connectivity index (χ3n) is 4.42. The Bertz CT molecular complexity index is 887. The van der Waals surface area contributed by atoms with Gasteiger partial charge in [0.15, 0.2) is 0 Å². The van der Waals surface area contributed by atoms with Gasteiger partial charge < -0.3 is 24.7 Å². The van der Waals surface area contributed by atoms with Crippen LogP contribution in [0.5, 0.6) is 5.75 Å². The van der Waals surface area contributed by atoms with Crippen molar-refractivity contribution in [1.82, 2.24) is 9.88 Å². The van der Waals surface area contributed by atoms with Crippen LogP contribution in [0.4, 0.5) is 10.5 Å². The minimum atomic E-state index is -0.207. The van der Waals surface area contributed by atoms with E-state index >= 15 is 0 Å². The largest absolute Gasteiger partial charge is 0.497 e. The summed E-state index contributed by atoms with van der Waals surface area (Å²) in [5, 5.41) is 6.86. The first-order chi connectivity index (χ1) is 13.2. The Morgan fingerprint density at radius 2 is 1.89 bits per heavy atom. The first kappa shape index (κ1) is 18.8. The highest BCUT2D eigenvalue weighted by Gasteiger charge is 2.05. The third-order valence-corrected chi connectivity index (χ3v) is 4.42. The summed E-state index contributed by atoms with van der Waals surface area (Å²) in [4.78, 5) is 12.1. The van der Waals surface area contributed by atoms with E-state index in [0.717, 1.165) is 40.9 Å². The van der Waals surface area contributed by atoms with Crippen LogP contribution in [0.25, 0.3) is 10.9 Å². The van der Waals surface area contributed by atoms with E-state index in [1.807, 2.05) is 54.7 Å². The smallest absolute Gasteiger partial charge is 0.319 e. The molecule has 6 heteroatoms. The maximum atomic E-state index is 12.1. The van der Waals surface area contributed by atoms with Crippen molar-refractivity contribution in [2.24, 2.45) is 0 Å². The second kappa shape index (κ2) is 9.09. The number of carbonyl (C=O) groups excluding carboxylic acids is 1. The number of hydrogen-bond acceptors (Lipinski definition) is 3. The number of benzene rings is 2. The number of ether oxygens (including phenoxy) is 2. The van der Waals surface area contributed by atoms with Crippen molar-refractivity contribution in [3.8, 4) is 5.75 Å². The predicted molar refractivity (Wildman–Crippen MR) is 108 cm³/mol. The maximum absolute atomic E-state index is 12.1. The van der Waals surface area contributed by atoms with Gasteiger partial charge in [0.1, 0.15) is 5.75 Å². The molecular weight excluding hydrogens is 342 g/mol. The number of hydrogen-bond donors (Lipinski definition) is 2. The average molecular weight is 367 g/mol. The van der Waals surface area contributed by atoms with E-state index in [4.69, 9.17) is 9.47 Å². The second-order valence-electron chi connectivity index (χ2n) is 6.25. The van der Waals surface area contributed by atoms with Crippen LogP contribution in [0.15, 0.2) is 54.7 Å². The molecule has 0 saturated carbocycles. The van der Waals surface area contributed by atoms with Gasteiger partial charge >= 0.3 is 6.03 Å². The Kier molecular flexibility index (Phi) is 6.33. The minimum Gasteiger partial charge on any atom is -0.497 e. The lowest BCUT2D eigenvalue weighted by Gasteiger charge is -2.09. The van der Waals surface area contributed by atoms with Crippen molar-refractivity contribution in [1.29, 1.82) is 0 Å². The van der Waals surface area contributed by atoms with Crippen LogP contribution in [-0.2, 0) is 17.7 Å². The van der Waals surface area contributed by atoms with Gasteiger partial charge in [-0.3, -0.25) is 0 Å². The molecule has 0 aliphatic rings. The van der Waals surface area contributed by atoms with E-state index in [2.05, 4.69) is 15.2 Å². The van der Waals surface area contributed by atoms with Gasteiger partial charge in [-0.15, -0.1) is 0 Å². The van der Waals surface area contributed by atoms with Crippen molar-refractivity contribution in [3.05, 3.63) is 60.3 Å². The molecule has 0 spiro atoms. The molecule has 6 nitrogen and oxygen atoms in total. The van der Waals surface area contributed by atoms with E-state index < -0.39 is 0 Å². The van der Waals surface area contributed by atoms with Gasteiger partial charge in [-0.05, 0) is 48.4 Å². The molecule has 0 bridgehead atoms. The van der Waals surface area contributed by atoms with Crippen LogP contribution in [-0.4, -0.2) is 38.0 Å². The van der Waals surface area contributed by atoms with Gasteiger partial charge in [0.2, 0.25) is 0 Å². The number of fused-ring (bicyclic) bond motifs is 1. The maximum Gasteiger partial charge on any atom is 0.319 e. The Balaban J connectivity index is 1.51. The number of nitrogens with zero attached hydrogens (tertiary/aromatic N) is 1. The number of rotatable bonds is 8. The number of methoxy groups -OCH3 is 2. The number of nitrogens with one attached hydrogen (secondary N) is 2. The monoisotopic (exact) mass is 367 g/mol. The zero-order valence-corrected chi connectivity index (χ0v) is 15.7. The second-order valence-corrected chi connectivity index (χ2v) is 6.25. The molecule has 0 atom stereocenters. The van der Waals surface area contributed by atoms with Crippen molar-refractivity contribution < 1.29 is 14.3 Å². The number of anilines is 1. The summed E-state index contributed by atoms with van der Waals surface area (Å²) in [6, 6.07) is 15.6. The quantitative estimate of drug-likeness (QED) is 0.639. The van der Waals surface area contributed by atoms with E-state index in [1.165, 1.54) is 0 Å². The molecule has 0 unspecified atom stereocenters.